The quantitative estimate of drug-likeness (QED) is 0.420. The first-order chi connectivity index (χ1) is 13.0. The lowest BCUT2D eigenvalue weighted by Gasteiger charge is -2.05. The van der Waals surface area contributed by atoms with Gasteiger partial charge < -0.3 is 5.84 Å². The zero-order valence-corrected chi connectivity index (χ0v) is 15.9. The van der Waals surface area contributed by atoms with Gasteiger partial charge in [-0.2, -0.15) is 0 Å². The summed E-state index contributed by atoms with van der Waals surface area (Å²) in [5.74, 6) is 7.12. The molecular weight excluding hydrogens is 384 g/mol. The fourth-order valence-corrected chi connectivity index (χ4v) is 3.52. The summed E-state index contributed by atoms with van der Waals surface area (Å²) in [4.78, 5) is 16.8. The van der Waals surface area contributed by atoms with Crippen LogP contribution in [0.3, 0.4) is 0 Å². The average Bonchev–Trinajstić information content (AvgIpc) is 3.02. The van der Waals surface area contributed by atoms with Gasteiger partial charge in [-0.1, -0.05) is 29.4 Å². The Morgan fingerprint density at radius 1 is 1.15 bits per heavy atom. The Kier molecular flexibility index (Phi) is 4.59. The molecule has 27 heavy (non-hydrogen) atoms. The highest BCUT2D eigenvalue weighted by molar-refractivity contribution is 7.98. The lowest BCUT2D eigenvalue weighted by Crippen LogP contribution is -2.15. The number of nitrogen functional groups attached to an aromatic ring is 1. The number of benzene rings is 1. The topological polar surface area (TPSA) is 91.1 Å². The molecule has 2 N–H and O–H groups in total. The lowest BCUT2D eigenvalue weighted by molar-refractivity contribution is 0.848. The maximum Gasteiger partial charge on any atom is 0.258 e. The average molecular weight is 399 g/mol. The van der Waals surface area contributed by atoms with E-state index in [1.54, 1.807) is 18.3 Å². The lowest BCUT2D eigenvalue weighted by atomic mass is 10.2. The van der Waals surface area contributed by atoms with Crippen LogP contribution in [-0.4, -0.2) is 24.3 Å². The smallest absolute Gasteiger partial charge is 0.258 e. The number of hydrogen-bond acceptors (Lipinski definition) is 6. The fourth-order valence-electron chi connectivity index (χ4n) is 2.64. The van der Waals surface area contributed by atoms with Crippen LogP contribution in [-0.2, 0) is 5.75 Å². The Morgan fingerprint density at radius 2 is 1.93 bits per heavy atom. The minimum Gasteiger partial charge on any atom is -0.335 e. The van der Waals surface area contributed by atoms with Crippen LogP contribution in [0, 0.1) is 6.92 Å². The van der Waals surface area contributed by atoms with Crippen LogP contribution in [0.25, 0.3) is 17.0 Å². The van der Waals surface area contributed by atoms with Gasteiger partial charge in [-0.15, -0.1) is 10.2 Å². The van der Waals surface area contributed by atoms with E-state index >= 15 is 0 Å². The molecule has 0 saturated carbocycles. The van der Waals surface area contributed by atoms with Crippen LogP contribution in [0.2, 0.25) is 5.02 Å². The zero-order valence-electron chi connectivity index (χ0n) is 14.3. The predicted octanol–water partition coefficient (Wildman–Crippen LogP) is 2.92. The molecule has 0 aliphatic carbocycles. The Bertz CT molecular complexity index is 1180. The SMILES string of the molecule is Cc1ccc2nc(CSc3nnc(-c4ccc(Cl)cc4)n3N)cc(=O)n2c1. The molecule has 4 aromatic rings. The third-order valence-corrected chi connectivity index (χ3v) is 5.21. The number of pyridine rings is 1. The van der Waals surface area contributed by atoms with E-state index in [-0.39, 0.29) is 5.56 Å². The van der Waals surface area contributed by atoms with E-state index in [1.807, 2.05) is 31.2 Å². The van der Waals surface area contributed by atoms with Crippen molar-refractivity contribution in [3.63, 3.8) is 0 Å². The number of fused-ring (bicyclic) bond motifs is 1. The van der Waals surface area contributed by atoms with E-state index in [0.29, 0.717) is 33.1 Å². The number of nitrogens with zero attached hydrogens (tertiary/aromatic N) is 5. The van der Waals surface area contributed by atoms with Gasteiger partial charge in [0.2, 0.25) is 5.16 Å². The van der Waals surface area contributed by atoms with Crippen LogP contribution >= 0.6 is 23.4 Å². The van der Waals surface area contributed by atoms with Gasteiger partial charge in [-0.25, -0.2) is 9.66 Å². The van der Waals surface area contributed by atoms with Crippen molar-refractivity contribution >= 4 is 29.0 Å². The highest BCUT2D eigenvalue weighted by Gasteiger charge is 2.13. The number of nitrogens with two attached hydrogens (primary N) is 1. The van der Waals surface area contributed by atoms with Gasteiger partial charge in [0.15, 0.2) is 5.82 Å². The predicted molar refractivity (Wildman–Crippen MR) is 106 cm³/mol. The summed E-state index contributed by atoms with van der Waals surface area (Å²) >= 11 is 7.28. The van der Waals surface area contributed by atoms with Gasteiger partial charge in [-0.3, -0.25) is 9.20 Å². The van der Waals surface area contributed by atoms with Gasteiger partial charge in [-0.05, 0) is 42.8 Å². The molecule has 1 aromatic carbocycles. The van der Waals surface area contributed by atoms with Crippen LogP contribution in [0.1, 0.15) is 11.3 Å². The van der Waals surface area contributed by atoms with Crippen molar-refractivity contribution in [3.8, 4) is 11.4 Å². The first kappa shape index (κ1) is 17.6. The van der Waals surface area contributed by atoms with Crippen LogP contribution < -0.4 is 11.4 Å². The molecule has 7 nitrogen and oxygen atoms in total. The molecule has 4 rings (SSSR count). The zero-order chi connectivity index (χ0) is 19.0. The van der Waals surface area contributed by atoms with Crippen molar-refractivity contribution in [2.24, 2.45) is 0 Å². The Labute approximate surface area is 163 Å². The third-order valence-electron chi connectivity index (χ3n) is 3.98. The summed E-state index contributed by atoms with van der Waals surface area (Å²) < 4.78 is 2.96. The summed E-state index contributed by atoms with van der Waals surface area (Å²) in [6.45, 7) is 1.93. The Hall–Kier alpha value is -2.84. The van der Waals surface area contributed by atoms with Crippen molar-refractivity contribution in [2.75, 3.05) is 5.84 Å². The number of halogens is 1. The molecule has 0 aliphatic heterocycles. The highest BCUT2D eigenvalue weighted by atomic mass is 35.5. The van der Waals surface area contributed by atoms with Crippen molar-refractivity contribution in [1.82, 2.24) is 24.3 Å². The van der Waals surface area contributed by atoms with E-state index in [9.17, 15) is 4.79 Å². The second kappa shape index (κ2) is 7.05. The maximum absolute atomic E-state index is 12.3. The molecule has 136 valence electrons. The summed E-state index contributed by atoms with van der Waals surface area (Å²) in [7, 11) is 0. The number of aryl methyl sites for hydroxylation is 1. The molecule has 9 heteroatoms. The van der Waals surface area contributed by atoms with Crippen molar-refractivity contribution in [3.05, 3.63) is 75.3 Å². The van der Waals surface area contributed by atoms with Crippen molar-refractivity contribution in [2.45, 2.75) is 17.8 Å². The number of rotatable bonds is 4. The van der Waals surface area contributed by atoms with E-state index < -0.39 is 0 Å². The summed E-state index contributed by atoms with van der Waals surface area (Å²) in [5, 5.41) is 9.45. The molecule has 0 bridgehead atoms. The molecule has 0 aliphatic rings. The van der Waals surface area contributed by atoms with Crippen LogP contribution in [0.5, 0.6) is 0 Å². The molecule has 3 aromatic heterocycles. The molecule has 0 radical (unpaired) electrons. The minimum absolute atomic E-state index is 0.115. The fraction of sp³-hybridized carbons (Fsp3) is 0.111. The second-order valence-electron chi connectivity index (χ2n) is 5.99. The normalized spacial score (nSPS) is 11.2. The van der Waals surface area contributed by atoms with E-state index in [1.165, 1.54) is 26.9 Å². The third kappa shape index (κ3) is 3.54. The largest absolute Gasteiger partial charge is 0.335 e. The molecule has 0 saturated heterocycles. The molecule has 0 amide bonds. The van der Waals surface area contributed by atoms with Crippen molar-refractivity contribution in [1.29, 1.82) is 0 Å². The highest BCUT2D eigenvalue weighted by Crippen LogP contribution is 2.24. The number of thioether (sulfide) groups is 1. The van der Waals surface area contributed by atoms with Gasteiger partial charge in [0, 0.05) is 28.6 Å². The molecule has 0 atom stereocenters. The molecular formula is C18H15ClN6OS. The molecule has 0 spiro atoms. The van der Waals surface area contributed by atoms with Gasteiger partial charge in [0.05, 0.1) is 5.69 Å². The summed E-state index contributed by atoms with van der Waals surface area (Å²) in [5.41, 5.74) is 2.97. The number of aromatic nitrogens is 5. The molecule has 0 fully saturated rings. The Balaban J connectivity index is 1.57. The van der Waals surface area contributed by atoms with Gasteiger partial charge >= 0.3 is 0 Å². The van der Waals surface area contributed by atoms with Crippen LogP contribution in [0.4, 0.5) is 0 Å². The maximum atomic E-state index is 12.3. The van der Waals surface area contributed by atoms with E-state index in [2.05, 4.69) is 15.2 Å². The number of hydrogen-bond donors (Lipinski definition) is 1. The van der Waals surface area contributed by atoms with E-state index in [0.717, 1.165) is 11.1 Å². The van der Waals surface area contributed by atoms with Gasteiger partial charge in [0.25, 0.3) is 5.56 Å². The van der Waals surface area contributed by atoms with Crippen LogP contribution in [0.15, 0.2) is 58.6 Å². The van der Waals surface area contributed by atoms with E-state index in [4.69, 9.17) is 17.4 Å². The second-order valence-corrected chi connectivity index (χ2v) is 7.37. The van der Waals surface area contributed by atoms with Gasteiger partial charge in [0.1, 0.15) is 5.65 Å². The first-order valence-corrected chi connectivity index (χ1v) is 9.46. The standard InChI is InChI=1S/C18H15ClN6OS/c1-11-2-7-15-21-14(8-16(26)24(15)9-11)10-27-18-23-22-17(25(18)20)12-3-5-13(19)6-4-12/h2-9H,10,20H2,1H3. The first-order valence-electron chi connectivity index (χ1n) is 8.09. The minimum atomic E-state index is -0.115. The summed E-state index contributed by atoms with van der Waals surface area (Å²) in [6.07, 6.45) is 1.77. The summed E-state index contributed by atoms with van der Waals surface area (Å²) in [6, 6.07) is 12.5. The van der Waals surface area contributed by atoms with Crippen molar-refractivity contribution < 1.29 is 0 Å². The molecule has 0 unspecified atom stereocenters. The molecule has 3 heterocycles. The Morgan fingerprint density at radius 3 is 2.70 bits per heavy atom. The monoisotopic (exact) mass is 398 g/mol.